The lowest BCUT2D eigenvalue weighted by Gasteiger charge is -2.38. The second kappa shape index (κ2) is 11.7. The quantitative estimate of drug-likeness (QED) is 0.380. The summed E-state index contributed by atoms with van der Waals surface area (Å²) >= 11 is 7.83. The molecule has 0 saturated carbocycles. The van der Waals surface area contributed by atoms with Crippen LogP contribution >= 0.6 is 22.9 Å². The smallest absolute Gasteiger partial charge is 0.338 e. The third-order valence-corrected chi connectivity index (χ3v) is 8.77. The highest BCUT2D eigenvalue weighted by atomic mass is 35.5. The standard InChI is InChI=1S/C29H26ClFN6O5S/c1-42-28(40)23-22(33-25(26-32-8-11-43-26)34-24(23)20-7-4-17(31)12-21(20)30)15-35-9-10-36-19(13-35)14-37(29(36)41)18-5-2-16(3-6-18)27(38)39/h2-8,11-12,19,24H,9-10,13-15H2,1H3,(H,33,34)(H,38,39)/t19?,24-/m0/s1. The van der Waals surface area contributed by atoms with Crippen molar-refractivity contribution in [2.75, 3.05) is 44.7 Å². The third kappa shape index (κ3) is 5.58. The first-order valence-corrected chi connectivity index (χ1v) is 14.6. The summed E-state index contributed by atoms with van der Waals surface area (Å²) in [5.74, 6) is -1.68. The van der Waals surface area contributed by atoms with Gasteiger partial charge in [0.15, 0.2) is 10.8 Å². The fraction of sp³-hybridized carbons (Fsp3) is 0.276. The van der Waals surface area contributed by atoms with Crippen molar-refractivity contribution in [2.45, 2.75) is 12.1 Å². The van der Waals surface area contributed by atoms with E-state index in [9.17, 15) is 23.9 Å². The van der Waals surface area contributed by atoms with Crippen LogP contribution in [0.1, 0.15) is 27.0 Å². The highest BCUT2D eigenvalue weighted by molar-refractivity contribution is 7.11. The first-order valence-electron chi connectivity index (χ1n) is 13.4. The van der Waals surface area contributed by atoms with E-state index in [4.69, 9.17) is 21.3 Å². The van der Waals surface area contributed by atoms with E-state index in [0.717, 1.165) is 0 Å². The van der Waals surface area contributed by atoms with E-state index in [1.54, 1.807) is 23.2 Å². The van der Waals surface area contributed by atoms with Gasteiger partial charge >= 0.3 is 18.0 Å². The van der Waals surface area contributed by atoms with Gasteiger partial charge in [-0.2, -0.15) is 0 Å². The number of amides is 2. The summed E-state index contributed by atoms with van der Waals surface area (Å²) < 4.78 is 19.1. The van der Waals surface area contributed by atoms with Gasteiger partial charge in [-0.1, -0.05) is 17.7 Å². The Kier molecular flexibility index (Phi) is 7.86. The number of rotatable bonds is 7. The molecule has 1 aromatic heterocycles. The van der Waals surface area contributed by atoms with Crippen LogP contribution in [-0.2, 0) is 9.53 Å². The average Bonchev–Trinajstić information content (AvgIpc) is 3.65. The minimum atomic E-state index is -1.03. The number of piperazine rings is 1. The third-order valence-electron chi connectivity index (χ3n) is 7.67. The van der Waals surface area contributed by atoms with Gasteiger partial charge in [-0.25, -0.2) is 23.8 Å². The molecule has 2 amide bonds. The summed E-state index contributed by atoms with van der Waals surface area (Å²) in [6.07, 6.45) is 1.65. The maximum atomic E-state index is 13.9. The van der Waals surface area contributed by atoms with E-state index >= 15 is 0 Å². The molecule has 2 atom stereocenters. The van der Waals surface area contributed by atoms with Gasteiger partial charge in [0.1, 0.15) is 11.9 Å². The predicted molar refractivity (Wildman–Crippen MR) is 158 cm³/mol. The van der Waals surface area contributed by atoms with Crippen molar-refractivity contribution in [3.63, 3.8) is 0 Å². The monoisotopic (exact) mass is 624 g/mol. The molecule has 1 unspecified atom stereocenters. The Morgan fingerprint density at radius 1 is 1.19 bits per heavy atom. The van der Waals surface area contributed by atoms with Gasteiger partial charge in [0.25, 0.3) is 0 Å². The number of ether oxygens (including phenoxy) is 1. The number of anilines is 1. The highest BCUT2D eigenvalue weighted by Crippen LogP contribution is 2.37. The molecule has 14 heteroatoms. The van der Waals surface area contributed by atoms with Crippen molar-refractivity contribution in [3.8, 4) is 0 Å². The van der Waals surface area contributed by atoms with Crippen LogP contribution in [0.5, 0.6) is 0 Å². The number of methoxy groups -OCH3 is 1. The van der Waals surface area contributed by atoms with E-state index in [1.807, 2.05) is 10.3 Å². The van der Waals surface area contributed by atoms with Gasteiger partial charge in [-0.05, 0) is 36.4 Å². The molecule has 3 aliphatic rings. The van der Waals surface area contributed by atoms with Crippen molar-refractivity contribution >= 4 is 52.4 Å². The number of esters is 1. The number of carbonyl (C=O) groups is 3. The van der Waals surface area contributed by atoms with Crippen LogP contribution in [0.25, 0.3) is 0 Å². The average molecular weight is 625 g/mol. The zero-order valence-electron chi connectivity index (χ0n) is 22.9. The molecule has 11 nitrogen and oxygen atoms in total. The predicted octanol–water partition coefficient (Wildman–Crippen LogP) is 3.78. The van der Waals surface area contributed by atoms with Crippen molar-refractivity contribution < 1.29 is 28.6 Å². The Balaban J connectivity index is 1.28. The first-order chi connectivity index (χ1) is 20.7. The lowest BCUT2D eigenvalue weighted by atomic mass is 9.95. The highest BCUT2D eigenvalue weighted by Gasteiger charge is 2.42. The fourth-order valence-electron chi connectivity index (χ4n) is 5.61. The Morgan fingerprint density at radius 2 is 1.98 bits per heavy atom. The van der Waals surface area contributed by atoms with Crippen LogP contribution in [0, 0.1) is 5.82 Å². The number of hydrogen-bond acceptors (Lipinski definition) is 9. The molecule has 3 aromatic rings. The number of halogens is 2. The van der Waals surface area contributed by atoms with Crippen molar-refractivity contribution in [3.05, 3.63) is 92.3 Å². The van der Waals surface area contributed by atoms with Crippen LogP contribution in [0.4, 0.5) is 14.9 Å². The summed E-state index contributed by atoms with van der Waals surface area (Å²) in [4.78, 5) is 52.5. The number of carbonyl (C=O) groups excluding carboxylic acids is 2. The maximum Gasteiger partial charge on any atom is 0.338 e. The number of hydrogen-bond donors (Lipinski definition) is 2. The minimum Gasteiger partial charge on any atom is -0.478 e. The Hall–Kier alpha value is -4.33. The van der Waals surface area contributed by atoms with Crippen molar-refractivity contribution in [1.82, 2.24) is 20.1 Å². The van der Waals surface area contributed by atoms with Crippen molar-refractivity contribution in [2.24, 2.45) is 4.99 Å². The number of carboxylic acids is 1. The number of carboxylic acid groups (broad SMARTS) is 1. The first kappa shape index (κ1) is 28.8. The number of amidine groups is 1. The fourth-order valence-corrected chi connectivity index (χ4v) is 6.47. The lowest BCUT2D eigenvalue weighted by molar-refractivity contribution is -0.136. The molecule has 3 aliphatic heterocycles. The van der Waals surface area contributed by atoms with E-state index in [0.29, 0.717) is 60.5 Å². The van der Waals surface area contributed by atoms with Gasteiger partial charge in [0, 0.05) is 66.3 Å². The van der Waals surface area contributed by atoms with E-state index in [-0.39, 0.29) is 28.2 Å². The molecule has 2 saturated heterocycles. The van der Waals surface area contributed by atoms with Crippen LogP contribution in [0.15, 0.2) is 70.3 Å². The SMILES string of the molecule is COC(=O)C1=C(CN2CCN3C(=O)N(c4ccc(C(=O)O)cc4)CC3C2)NC(c2nccs2)=N[C@H]1c1ccc(F)cc1Cl. The summed E-state index contributed by atoms with van der Waals surface area (Å²) in [5, 5.41) is 15.1. The molecular formula is C29H26ClFN6O5S. The summed E-state index contributed by atoms with van der Waals surface area (Å²) in [6, 6.07) is 9.07. The summed E-state index contributed by atoms with van der Waals surface area (Å²) in [7, 11) is 1.29. The molecule has 2 fully saturated rings. The maximum absolute atomic E-state index is 13.9. The number of aliphatic imine (C=N–C) groups is 1. The second-order valence-electron chi connectivity index (χ2n) is 10.2. The number of fused-ring (bicyclic) bond motifs is 1. The molecule has 2 aromatic carbocycles. The van der Waals surface area contributed by atoms with Crippen molar-refractivity contribution in [1.29, 1.82) is 0 Å². The van der Waals surface area contributed by atoms with Crippen LogP contribution in [0.2, 0.25) is 5.02 Å². The van der Waals surface area contributed by atoms with E-state index < -0.39 is 23.8 Å². The Labute approximate surface area is 254 Å². The summed E-state index contributed by atoms with van der Waals surface area (Å²) in [6.45, 7) is 2.28. The van der Waals surface area contributed by atoms with Crippen LogP contribution in [-0.4, -0.2) is 89.6 Å². The molecule has 2 N–H and O–H groups in total. The van der Waals surface area contributed by atoms with Crippen LogP contribution in [0.3, 0.4) is 0 Å². The number of benzene rings is 2. The molecule has 222 valence electrons. The van der Waals surface area contributed by atoms with Gasteiger partial charge in [-0.15, -0.1) is 11.3 Å². The Bertz CT molecular complexity index is 1650. The number of nitrogens with one attached hydrogen (secondary N) is 1. The van der Waals surface area contributed by atoms with Gasteiger partial charge in [0.2, 0.25) is 0 Å². The number of aromatic nitrogens is 1. The second-order valence-corrected chi connectivity index (χ2v) is 11.5. The van der Waals surface area contributed by atoms with E-state index in [1.165, 1.54) is 48.8 Å². The number of nitrogens with zero attached hydrogens (tertiary/aromatic N) is 5. The minimum absolute atomic E-state index is 0.124. The number of thiazole rings is 1. The molecule has 0 bridgehead atoms. The molecule has 0 aliphatic carbocycles. The van der Waals surface area contributed by atoms with Crippen LogP contribution < -0.4 is 10.2 Å². The molecule has 4 heterocycles. The molecular weight excluding hydrogens is 599 g/mol. The zero-order chi connectivity index (χ0) is 30.2. The topological polar surface area (TPSA) is 128 Å². The number of aromatic carboxylic acids is 1. The Morgan fingerprint density at radius 3 is 2.65 bits per heavy atom. The van der Waals surface area contributed by atoms with Gasteiger partial charge in [0.05, 0.1) is 24.3 Å². The number of urea groups is 1. The lowest BCUT2D eigenvalue weighted by Crippen LogP contribution is -2.53. The normalized spacial score (nSPS) is 20.5. The largest absolute Gasteiger partial charge is 0.478 e. The zero-order valence-corrected chi connectivity index (χ0v) is 24.4. The van der Waals surface area contributed by atoms with E-state index in [2.05, 4.69) is 15.2 Å². The summed E-state index contributed by atoms with van der Waals surface area (Å²) in [5.41, 5.74) is 2.03. The van der Waals surface area contributed by atoms with Gasteiger partial charge < -0.3 is 20.1 Å². The molecule has 0 radical (unpaired) electrons. The molecule has 0 spiro atoms. The molecule has 6 rings (SSSR count). The molecule has 43 heavy (non-hydrogen) atoms. The van der Waals surface area contributed by atoms with Gasteiger partial charge in [-0.3, -0.25) is 14.8 Å².